The summed E-state index contributed by atoms with van der Waals surface area (Å²) in [7, 11) is 0. The molecule has 1 aromatic heterocycles. The second-order valence-electron chi connectivity index (χ2n) is 5.49. The van der Waals surface area contributed by atoms with Gasteiger partial charge in [0.15, 0.2) is 0 Å². The molecule has 0 saturated heterocycles. The summed E-state index contributed by atoms with van der Waals surface area (Å²) in [4.78, 5) is 8.03. The third-order valence-corrected chi connectivity index (χ3v) is 5.56. The molecule has 0 bridgehead atoms. The summed E-state index contributed by atoms with van der Waals surface area (Å²) in [6.45, 7) is 6.81. The highest BCUT2D eigenvalue weighted by Crippen LogP contribution is 2.50. The highest BCUT2D eigenvalue weighted by Gasteiger charge is 2.49. The minimum absolute atomic E-state index is 0.232. The molecular formula is C14H15BrCl2N2. The number of aliphatic imine (C=N–C) groups is 1. The maximum Gasteiger partial charge on any atom is 0.124 e. The number of halogens is 3. The molecule has 1 unspecified atom stereocenters. The Hall–Kier alpha value is -0.380. The molecule has 1 aliphatic heterocycles. The number of hydrogen-bond donors (Lipinski definition) is 0. The minimum atomic E-state index is -0.761. The predicted molar refractivity (Wildman–Crippen MR) is 86.5 cm³/mol. The quantitative estimate of drug-likeness (QED) is 0.649. The molecule has 2 heterocycles. The zero-order valence-corrected chi connectivity index (χ0v) is 14.1. The lowest BCUT2D eigenvalue weighted by atomic mass is 9.74. The Morgan fingerprint density at radius 3 is 2.63 bits per heavy atom. The van der Waals surface area contributed by atoms with Gasteiger partial charge in [-0.05, 0) is 33.5 Å². The van der Waals surface area contributed by atoms with Crippen LogP contribution in [0.3, 0.4) is 0 Å². The van der Waals surface area contributed by atoms with Crippen LogP contribution in [0.1, 0.15) is 26.5 Å². The first kappa shape index (κ1) is 15.0. The number of rotatable bonds is 1. The third-order valence-electron chi connectivity index (χ3n) is 3.23. The second-order valence-corrected chi connectivity index (χ2v) is 7.22. The summed E-state index contributed by atoms with van der Waals surface area (Å²) in [5, 5.41) is 0.602. The van der Waals surface area contributed by atoms with Crippen molar-refractivity contribution < 1.29 is 0 Å². The molecule has 0 saturated carbocycles. The van der Waals surface area contributed by atoms with Gasteiger partial charge >= 0.3 is 0 Å². The Morgan fingerprint density at radius 1 is 1.37 bits per heavy atom. The Morgan fingerprint density at radius 2 is 2.05 bits per heavy atom. The topological polar surface area (TPSA) is 25.2 Å². The molecule has 1 aromatic rings. The first-order valence-corrected chi connectivity index (χ1v) is 7.54. The zero-order valence-electron chi connectivity index (χ0n) is 11.0. The van der Waals surface area contributed by atoms with Crippen LogP contribution in [0.25, 0.3) is 5.57 Å². The smallest absolute Gasteiger partial charge is 0.124 e. The number of nitrogens with zero attached hydrogens (tertiary/aromatic N) is 2. The molecule has 102 valence electrons. The third kappa shape index (κ3) is 2.48. The Labute approximate surface area is 132 Å². The Kier molecular flexibility index (Phi) is 4.10. The van der Waals surface area contributed by atoms with Crippen molar-refractivity contribution in [2.24, 2.45) is 10.4 Å². The van der Waals surface area contributed by atoms with Crippen molar-refractivity contribution in [3.8, 4) is 0 Å². The maximum absolute atomic E-state index is 6.93. The molecular weight excluding hydrogens is 347 g/mol. The largest absolute Gasteiger partial charge is 0.276 e. The summed E-state index contributed by atoms with van der Waals surface area (Å²) >= 11 is 16.7. The summed E-state index contributed by atoms with van der Waals surface area (Å²) in [6, 6.07) is 3.63. The van der Waals surface area contributed by atoms with E-state index < -0.39 is 4.87 Å². The highest BCUT2D eigenvalue weighted by atomic mass is 79.9. The van der Waals surface area contributed by atoms with E-state index >= 15 is 0 Å². The van der Waals surface area contributed by atoms with Crippen LogP contribution in [0.5, 0.6) is 0 Å². The van der Waals surface area contributed by atoms with E-state index in [1.807, 2.05) is 18.2 Å². The van der Waals surface area contributed by atoms with Crippen molar-refractivity contribution in [2.75, 3.05) is 6.54 Å². The summed E-state index contributed by atoms with van der Waals surface area (Å²) in [5.41, 5.74) is 1.40. The van der Waals surface area contributed by atoms with E-state index in [9.17, 15) is 0 Å². The van der Waals surface area contributed by atoms with Crippen molar-refractivity contribution in [2.45, 2.75) is 25.6 Å². The number of allylic oxidation sites excluding steroid dienone is 1. The fraction of sp³-hybridized carbons (Fsp3) is 0.429. The SMILES string of the molecule is CC(C)(C)C1(Cl)C(c2ncccc2Cl)=CCN=C1Br. The van der Waals surface area contributed by atoms with E-state index in [-0.39, 0.29) is 5.41 Å². The number of hydrogen-bond acceptors (Lipinski definition) is 2. The van der Waals surface area contributed by atoms with Crippen molar-refractivity contribution in [1.82, 2.24) is 4.98 Å². The number of alkyl halides is 1. The van der Waals surface area contributed by atoms with Crippen molar-refractivity contribution >= 4 is 49.3 Å². The van der Waals surface area contributed by atoms with Gasteiger partial charge < -0.3 is 0 Å². The molecule has 0 spiro atoms. The normalized spacial score (nSPS) is 23.9. The molecule has 2 nitrogen and oxygen atoms in total. The van der Waals surface area contributed by atoms with E-state index in [1.165, 1.54) is 0 Å². The molecule has 0 radical (unpaired) electrons. The van der Waals surface area contributed by atoms with Crippen LogP contribution in [0.4, 0.5) is 0 Å². The van der Waals surface area contributed by atoms with Gasteiger partial charge in [-0.25, -0.2) is 0 Å². The molecule has 0 aromatic carbocycles. The lowest BCUT2D eigenvalue weighted by Gasteiger charge is -2.42. The Balaban J connectivity index is 2.63. The Bertz CT molecular complexity index is 561. The summed E-state index contributed by atoms with van der Waals surface area (Å²) in [5.74, 6) is 0. The minimum Gasteiger partial charge on any atom is -0.276 e. The summed E-state index contributed by atoms with van der Waals surface area (Å²) in [6.07, 6.45) is 3.72. The van der Waals surface area contributed by atoms with Crippen LogP contribution in [0, 0.1) is 5.41 Å². The average molecular weight is 362 g/mol. The van der Waals surface area contributed by atoms with Crippen molar-refractivity contribution in [3.63, 3.8) is 0 Å². The molecule has 0 amide bonds. The van der Waals surface area contributed by atoms with Crippen LogP contribution < -0.4 is 0 Å². The summed E-state index contributed by atoms with van der Waals surface area (Å²) < 4.78 is 0.730. The van der Waals surface area contributed by atoms with E-state index in [2.05, 4.69) is 46.7 Å². The van der Waals surface area contributed by atoms with Gasteiger partial charge in [0, 0.05) is 11.8 Å². The van der Waals surface area contributed by atoms with Crippen LogP contribution >= 0.6 is 39.1 Å². The maximum atomic E-state index is 6.93. The lowest BCUT2D eigenvalue weighted by Crippen LogP contribution is -2.45. The van der Waals surface area contributed by atoms with Gasteiger partial charge in [0.1, 0.15) is 9.50 Å². The monoisotopic (exact) mass is 360 g/mol. The molecule has 2 rings (SSSR count). The van der Waals surface area contributed by atoms with Crippen LogP contribution in [-0.2, 0) is 0 Å². The molecule has 5 heteroatoms. The van der Waals surface area contributed by atoms with Gasteiger partial charge in [-0.1, -0.05) is 38.4 Å². The average Bonchev–Trinajstić information content (AvgIpc) is 2.32. The zero-order chi connectivity index (χ0) is 14.3. The fourth-order valence-electron chi connectivity index (χ4n) is 2.13. The van der Waals surface area contributed by atoms with E-state index in [4.69, 9.17) is 23.2 Å². The first-order valence-electron chi connectivity index (χ1n) is 5.99. The standard InChI is InChI=1S/C14H15BrCl2N2/c1-13(2,3)14(17)9(6-8-19-12(14)15)11-10(16)5-4-7-18-11/h4-7H,8H2,1-3H3. The first-order chi connectivity index (χ1) is 8.78. The fourth-order valence-corrected chi connectivity index (χ4v) is 3.54. The van der Waals surface area contributed by atoms with Crippen LogP contribution in [-0.4, -0.2) is 21.0 Å². The predicted octanol–water partition coefficient (Wildman–Crippen LogP) is 4.95. The van der Waals surface area contributed by atoms with Crippen LogP contribution in [0.15, 0.2) is 29.4 Å². The number of aromatic nitrogens is 1. The van der Waals surface area contributed by atoms with Crippen LogP contribution in [0.2, 0.25) is 5.02 Å². The van der Waals surface area contributed by atoms with Gasteiger partial charge in [-0.3, -0.25) is 9.98 Å². The van der Waals surface area contributed by atoms with Crippen molar-refractivity contribution in [1.29, 1.82) is 0 Å². The van der Waals surface area contributed by atoms with Crippen molar-refractivity contribution in [3.05, 3.63) is 35.1 Å². The molecule has 1 aliphatic rings. The molecule has 19 heavy (non-hydrogen) atoms. The molecule has 1 atom stereocenters. The molecule has 0 aliphatic carbocycles. The highest BCUT2D eigenvalue weighted by molar-refractivity contribution is 9.18. The van der Waals surface area contributed by atoms with E-state index in [0.717, 1.165) is 15.9 Å². The van der Waals surface area contributed by atoms with Gasteiger partial charge in [0.25, 0.3) is 0 Å². The number of pyridine rings is 1. The van der Waals surface area contributed by atoms with Gasteiger partial charge in [0.2, 0.25) is 0 Å². The van der Waals surface area contributed by atoms with E-state index in [0.29, 0.717) is 11.6 Å². The van der Waals surface area contributed by atoms with Gasteiger partial charge in [0.05, 0.1) is 17.3 Å². The molecule has 0 fully saturated rings. The lowest BCUT2D eigenvalue weighted by molar-refractivity contribution is 0.392. The second kappa shape index (κ2) is 5.19. The number of dihydropyridines is 1. The van der Waals surface area contributed by atoms with E-state index in [1.54, 1.807) is 6.20 Å². The van der Waals surface area contributed by atoms with Gasteiger partial charge in [-0.2, -0.15) is 0 Å². The molecule has 0 N–H and O–H groups in total. The van der Waals surface area contributed by atoms with Gasteiger partial charge in [-0.15, -0.1) is 11.6 Å².